The number of amides is 1. The lowest BCUT2D eigenvalue weighted by atomic mass is 10.1. The monoisotopic (exact) mass is 256 g/mol. The highest BCUT2D eigenvalue weighted by molar-refractivity contribution is 6.40. The normalized spacial score (nSPS) is 10.9. The molecule has 0 aliphatic carbocycles. The summed E-state index contributed by atoms with van der Waals surface area (Å²) >= 11 is 6.36. The summed E-state index contributed by atoms with van der Waals surface area (Å²) in [7, 11) is 0. The van der Waals surface area contributed by atoms with Crippen molar-refractivity contribution in [2.24, 2.45) is 5.73 Å². The van der Waals surface area contributed by atoms with Gasteiger partial charge in [0.2, 0.25) is 0 Å². The van der Waals surface area contributed by atoms with Crippen molar-refractivity contribution in [3.63, 3.8) is 0 Å². The first-order chi connectivity index (χ1) is 8.68. The van der Waals surface area contributed by atoms with Crippen LogP contribution >= 0.6 is 11.6 Å². The topological polar surface area (TPSA) is 56.0 Å². The van der Waals surface area contributed by atoms with Crippen LogP contribution < -0.4 is 5.73 Å². The van der Waals surface area contributed by atoms with Gasteiger partial charge in [-0.05, 0) is 12.1 Å². The number of rotatable bonds is 1. The molecule has 0 atom stereocenters. The first-order valence-electron chi connectivity index (χ1n) is 5.45. The highest BCUT2D eigenvalue weighted by atomic mass is 35.5. The second kappa shape index (κ2) is 3.96. The molecule has 0 aliphatic rings. The van der Waals surface area contributed by atoms with Gasteiger partial charge in [0, 0.05) is 10.8 Å². The van der Waals surface area contributed by atoms with Gasteiger partial charge < -0.3 is 5.73 Å². The Morgan fingerprint density at radius 1 is 1.06 bits per heavy atom. The van der Waals surface area contributed by atoms with E-state index in [2.05, 4.69) is 4.98 Å². The summed E-state index contributed by atoms with van der Waals surface area (Å²) in [6, 6.07) is 12.8. The van der Waals surface area contributed by atoms with E-state index >= 15 is 0 Å². The molecule has 3 aromatic rings. The van der Waals surface area contributed by atoms with Gasteiger partial charge in [-0.25, -0.2) is 4.98 Å². The van der Waals surface area contributed by atoms with Crippen molar-refractivity contribution in [2.75, 3.05) is 0 Å². The molecule has 0 saturated heterocycles. The number of nitrogens with two attached hydrogens (primary N) is 1. The number of nitrogens with zero attached hydrogens (tertiary/aromatic N) is 1. The molecular weight excluding hydrogens is 248 g/mol. The van der Waals surface area contributed by atoms with E-state index < -0.39 is 5.91 Å². The molecular formula is C14H9ClN2O. The third kappa shape index (κ3) is 1.52. The minimum atomic E-state index is -0.501. The fourth-order valence-corrected chi connectivity index (χ4v) is 2.37. The van der Waals surface area contributed by atoms with Crippen LogP contribution in [0.1, 0.15) is 10.4 Å². The Morgan fingerprint density at radius 3 is 2.56 bits per heavy atom. The molecule has 0 radical (unpaired) electrons. The van der Waals surface area contributed by atoms with Crippen molar-refractivity contribution in [3.05, 3.63) is 53.1 Å². The Labute approximate surface area is 108 Å². The molecule has 0 bridgehead atoms. The molecule has 4 heteroatoms. The summed E-state index contributed by atoms with van der Waals surface area (Å²) in [4.78, 5) is 15.9. The predicted molar refractivity (Wildman–Crippen MR) is 72.8 cm³/mol. The number of fused-ring (bicyclic) bond motifs is 2. The summed E-state index contributed by atoms with van der Waals surface area (Å²) in [6.07, 6.45) is 0. The van der Waals surface area contributed by atoms with E-state index in [1.54, 1.807) is 12.1 Å². The maximum atomic E-state index is 11.4. The lowest BCUT2D eigenvalue weighted by Crippen LogP contribution is -2.11. The van der Waals surface area contributed by atoms with Gasteiger partial charge in [0.1, 0.15) is 0 Å². The van der Waals surface area contributed by atoms with E-state index in [1.165, 1.54) is 0 Å². The average Bonchev–Trinajstić information content (AvgIpc) is 2.38. The van der Waals surface area contributed by atoms with Gasteiger partial charge in [-0.3, -0.25) is 4.79 Å². The molecule has 1 aromatic heterocycles. The fraction of sp³-hybridized carbons (Fsp3) is 0. The standard InChI is InChI=1S/C14H9ClN2O/c15-12-8-4-1-2-7-11(8)17-13-9(12)5-3-6-10(13)14(16)18/h1-7H,(H2,16,18). The molecule has 0 unspecified atom stereocenters. The Hall–Kier alpha value is -2.13. The number of aromatic nitrogens is 1. The first kappa shape index (κ1) is 11.0. The molecule has 88 valence electrons. The minimum absolute atomic E-state index is 0.389. The van der Waals surface area contributed by atoms with E-state index in [0.29, 0.717) is 16.1 Å². The minimum Gasteiger partial charge on any atom is -0.366 e. The van der Waals surface area contributed by atoms with E-state index in [4.69, 9.17) is 17.3 Å². The molecule has 0 spiro atoms. The summed E-state index contributed by atoms with van der Waals surface area (Å²) in [5, 5.41) is 2.21. The van der Waals surface area contributed by atoms with Crippen LogP contribution in [-0.2, 0) is 0 Å². The number of primary amides is 1. The number of pyridine rings is 1. The molecule has 1 heterocycles. The maximum Gasteiger partial charge on any atom is 0.250 e. The van der Waals surface area contributed by atoms with Crippen molar-refractivity contribution in [1.29, 1.82) is 0 Å². The molecule has 1 amide bonds. The molecule has 3 rings (SSSR count). The lowest BCUT2D eigenvalue weighted by Gasteiger charge is -2.07. The first-order valence-corrected chi connectivity index (χ1v) is 5.83. The number of para-hydroxylation sites is 2. The average molecular weight is 257 g/mol. The van der Waals surface area contributed by atoms with Crippen LogP contribution in [0.25, 0.3) is 21.8 Å². The number of carbonyl (C=O) groups is 1. The van der Waals surface area contributed by atoms with Gasteiger partial charge in [-0.15, -0.1) is 0 Å². The molecule has 0 fully saturated rings. The van der Waals surface area contributed by atoms with Crippen molar-refractivity contribution in [3.8, 4) is 0 Å². The van der Waals surface area contributed by atoms with E-state index in [9.17, 15) is 4.79 Å². The molecule has 2 N–H and O–H groups in total. The van der Waals surface area contributed by atoms with Crippen LogP contribution in [0.5, 0.6) is 0 Å². The number of carbonyl (C=O) groups excluding carboxylic acids is 1. The highest BCUT2D eigenvalue weighted by Crippen LogP contribution is 2.31. The summed E-state index contributed by atoms with van der Waals surface area (Å²) in [5.41, 5.74) is 7.04. The number of benzene rings is 2. The third-order valence-corrected chi connectivity index (χ3v) is 3.32. The molecule has 0 aliphatic heterocycles. The largest absolute Gasteiger partial charge is 0.366 e. The Kier molecular flexibility index (Phi) is 2.42. The van der Waals surface area contributed by atoms with Gasteiger partial charge in [0.25, 0.3) is 5.91 Å². The van der Waals surface area contributed by atoms with E-state index in [0.717, 1.165) is 16.3 Å². The van der Waals surface area contributed by atoms with Gasteiger partial charge in [0.05, 0.1) is 21.6 Å². The van der Waals surface area contributed by atoms with Crippen molar-refractivity contribution in [1.82, 2.24) is 4.98 Å². The second-order valence-corrected chi connectivity index (χ2v) is 4.39. The Bertz CT molecular complexity index is 783. The predicted octanol–water partition coefficient (Wildman–Crippen LogP) is 3.14. The molecule has 0 saturated carbocycles. The maximum absolute atomic E-state index is 11.4. The fourth-order valence-electron chi connectivity index (χ4n) is 2.06. The molecule has 2 aromatic carbocycles. The van der Waals surface area contributed by atoms with Crippen molar-refractivity contribution in [2.45, 2.75) is 0 Å². The van der Waals surface area contributed by atoms with Crippen molar-refractivity contribution < 1.29 is 4.79 Å². The number of hydrogen-bond acceptors (Lipinski definition) is 2. The number of halogens is 1. The van der Waals surface area contributed by atoms with Crippen LogP contribution in [0.15, 0.2) is 42.5 Å². The zero-order valence-electron chi connectivity index (χ0n) is 9.35. The van der Waals surface area contributed by atoms with Crippen molar-refractivity contribution >= 4 is 39.3 Å². The molecule has 18 heavy (non-hydrogen) atoms. The van der Waals surface area contributed by atoms with Gasteiger partial charge >= 0.3 is 0 Å². The van der Waals surface area contributed by atoms with Crippen LogP contribution in [0.3, 0.4) is 0 Å². The van der Waals surface area contributed by atoms with Gasteiger partial charge in [0.15, 0.2) is 0 Å². The quantitative estimate of drug-likeness (QED) is 0.680. The zero-order chi connectivity index (χ0) is 12.7. The Balaban J connectivity index is 2.55. The SMILES string of the molecule is NC(=O)c1cccc2c(Cl)c3ccccc3nc12. The van der Waals surface area contributed by atoms with Crippen LogP contribution in [0, 0.1) is 0 Å². The highest BCUT2D eigenvalue weighted by Gasteiger charge is 2.12. The summed E-state index contributed by atoms with van der Waals surface area (Å²) < 4.78 is 0. The lowest BCUT2D eigenvalue weighted by molar-refractivity contribution is 0.100. The zero-order valence-corrected chi connectivity index (χ0v) is 10.1. The van der Waals surface area contributed by atoms with Crippen LogP contribution in [0.2, 0.25) is 5.02 Å². The Morgan fingerprint density at radius 2 is 1.78 bits per heavy atom. The van der Waals surface area contributed by atoms with E-state index in [1.807, 2.05) is 30.3 Å². The van der Waals surface area contributed by atoms with Gasteiger partial charge in [-0.2, -0.15) is 0 Å². The van der Waals surface area contributed by atoms with E-state index in [-0.39, 0.29) is 0 Å². The summed E-state index contributed by atoms with van der Waals surface area (Å²) in [5.74, 6) is -0.501. The smallest absolute Gasteiger partial charge is 0.250 e. The van der Waals surface area contributed by atoms with Crippen LogP contribution in [0.4, 0.5) is 0 Å². The van der Waals surface area contributed by atoms with Crippen LogP contribution in [-0.4, -0.2) is 10.9 Å². The van der Waals surface area contributed by atoms with Gasteiger partial charge in [-0.1, -0.05) is 41.9 Å². The summed E-state index contributed by atoms with van der Waals surface area (Å²) in [6.45, 7) is 0. The third-order valence-electron chi connectivity index (χ3n) is 2.91. The number of hydrogen-bond donors (Lipinski definition) is 1. The molecule has 3 nitrogen and oxygen atoms in total. The second-order valence-electron chi connectivity index (χ2n) is 4.01.